The van der Waals surface area contributed by atoms with Crippen molar-refractivity contribution >= 4 is 5.91 Å². The molecule has 5 rings (SSSR count). The van der Waals surface area contributed by atoms with Gasteiger partial charge in [0.05, 0.1) is 5.69 Å². The first-order valence-corrected chi connectivity index (χ1v) is 11.7. The molecule has 2 bridgehead atoms. The van der Waals surface area contributed by atoms with Crippen LogP contribution in [0.25, 0.3) is 0 Å². The second-order valence-corrected chi connectivity index (χ2v) is 9.58. The first kappa shape index (κ1) is 19.8. The monoisotopic (exact) mass is 406 g/mol. The molecule has 0 aliphatic carbocycles. The number of aromatic amines is 1. The van der Waals surface area contributed by atoms with Crippen LogP contribution in [0.5, 0.6) is 0 Å². The van der Waals surface area contributed by atoms with Crippen LogP contribution in [0.15, 0.2) is 30.3 Å². The van der Waals surface area contributed by atoms with E-state index in [0.717, 1.165) is 51.1 Å². The van der Waals surface area contributed by atoms with Crippen LogP contribution in [0.3, 0.4) is 0 Å². The van der Waals surface area contributed by atoms with Crippen LogP contribution in [0, 0.1) is 18.8 Å². The summed E-state index contributed by atoms with van der Waals surface area (Å²) in [6.45, 7) is 7.38. The second kappa shape index (κ2) is 8.18. The Kier molecular flexibility index (Phi) is 5.40. The van der Waals surface area contributed by atoms with E-state index in [1.807, 2.05) is 0 Å². The fourth-order valence-electron chi connectivity index (χ4n) is 6.22. The van der Waals surface area contributed by atoms with Crippen molar-refractivity contribution in [2.75, 3.05) is 13.1 Å². The highest BCUT2D eigenvalue weighted by Crippen LogP contribution is 2.42. The van der Waals surface area contributed by atoms with E-state index in [1.54, 1.807) is 0 Å². The molecule has 3 aliphatic rings. The Morgan fingerprint density at radius 3 is 2.73 bits per heavy atom. The third-order valence-electron chi connectivity index (χ3n) is 7.60. The third kappa shape index (κ3) is 3.68. The van der Waals surface area contributed by atoms with Crippen LogP contribution < -0.4 is 0 Å². The van der Waals surface area contributed by atoms with Crippen molar-refractivity contribution in [2.24, 2.45) is 11.8 Å². The number of aryl methyl sites for hydroxylation is 2. The average Bonchev–Trinajstić information content (AvgIpc) is 3.11. The molecule has 160 valence electrons. The Labute approximate surface area is 179 Å². The van der Waals surface area contributed by atoms with E-state index >= 15 is 0 Å². The Morgan fingerprint density at radius 2 is 1.97 bits per heavy atom. The Hall–Kier alpha value is -2.14. The molecular formula is C25H34N4O. The molecule has 0 radical (unpaired) electrons. The minimum Gasteiger partial charge on any atom is -0.346 e. The molecule has 3 saturated heterocycles. The first-order chi connectivity index (χ1) is 14.6. The molecule has 0 unspecified atom stereocenters. The van der Waals surface area contributed by atoms with Gasteiger partial charge in [-0.25, -0.2) is 4.98 Å². The number of imidazole rings is 1. The highest BCUT2D eigenvalue weighted by molar-refractivity contribution is 5.78. The number of hydrogen-bond donors (Lipinski definition) is 1. The van der Waals surface area contributed by atoms with E-state index in [2.05, 4.69) is 59.0 Å². The highest BCUT2D eigenvalue weighted by Gasteiger charge is 2.49. The van der Waals surface area contributed by atoms with Crippen molar-refractivity contribution in [3.05, 3.63) is 53.1 Å². The number of nitrogens with one attached hydrogen (secondary N) is 1. The number of aromatic nitrogens is 2. The van der Waals surface area contributed by atoms with Gasteiger partial charge < -0.3 is 9.88 Å². The number of benzene rings is 1. The summed E-state index contributed by atoms with van der Waals surface area (Å²) in [6, 6.07) is 11.5. The molecule has 2 aromatic rings. The Balaban J connectivity index is 1.40. The molecular weight excluding hydrogens is 372 g/mol. The van der Waals surface area contributed by atoms with Crippen LogP contribution >= 0.6 is 0 Å². The molecule has 3 aliphatic heterocycles. The lowest BCUT2D eigenvalue weighted by Crippen LogP contribution is -2.65. The number of rotatable bonds is 5. The summed E-state index contributed by atoms with van der Waals surface area (Å²) in [4.78, 5) is 26.2. The lowest BCUT2D eigenvalue weighted by atomic mass is 9.70. The SMILES string of the molecule is CCc1nc(CN2C[C@H]3C[C@@H](C2)[C@H](Cc2ccccc2)N2C(=O)CCC[C@@H]32)c(C)[nH]1. The van der Waals surface area contributed by atoms with Gasteiger partial charge in [0.1, 0.15) is 5.82 Å². The van der Waals surface area contributed by atoms with E-state index < -0.39 is 0 Å². The number of amides is 1. The van der Waals surface area contributed by atoms with Gasteiger partial charge >= 0.3 is 0 Å². The van der Waals surface area contributed by atoms with Gasteiger partial charge in [-0.15, -0.1) is 0 Å². The molecule has 5 heteroatoms. The van der Waals surface area contributed by atoms with Crippen LogP contribution in [0.4, 0.5) is 0 Å². The number of H-pyrrole nitrogens is 1. The number of likely N-dealkylation sites (tertiary alicyclic amines) is 1. The number of hydrogen-bond acceptors (Lipinski definition) is 3. The van der Waals surface area contributed by atoms with E-state index in [0.29, 0.717) is 29.8 Å². The van der Waals surface area contributed by atoms with Crippen molar-refractivity contribution in [3.63, 3.8) is 0 Å². The lowest BCUT2D eigenvalue weighted by Gasteiger charge is -2.56. The molecule has 4 atom stereocenters. The van der Waals surface area contributed by atoms with E-state index in [4.69, 9.17) is 4.98 Å². The number of carbonyl (C=O) groups is 1. The molecule has 3 fully saturated rings. The summed E-state index contributed by atoms with van der Waals surface area (Å²) in [5.41, 5.74) is 3.76. The van der Waals surface area contributed by atoms with Gasteiger partial charge in [0.2, 0.25) is 5.91 Å². The zero-order valence-corrected chi connectivity index (χ0v) is 18.3. The lowest BCUT2D eigenvalue weighted by molar-refractivity contribution is -0.152. The van der Waals surface area contributed by atoms with Crippen LogP contribution in [0.1, 0.15) is 55.4 Å². The highest BCUT2D eigenvalue weighted by atomic mass is 16.2. The van der Waals surface area contributed by atoms with Crippen LogP contribution in [0.2, 0.25) is 0 Å². The van der Waals surface area contributed by atoms with Gasteiger partial charge in [0, 0.05) is 50.3 Å². The normalized spacial score (nSPS) is 29.1. The predicted octanol–water partition coefficient (Wildman–Crippen LogP) is 3.72. The molecule has 1 aromatic carbocycles. The number of carbonyl (C=O) groups excluding carboxylic acids is 1. The molecule has 5 nitrogen and oxygen atoms in total. The van der Waals surface area contributed by atoms with Crippen LogP contribution in [-0.4, -0.2) is 50.8 Å². The summed E-state index contributed by atoms with van der Waals surface area (Å²) < 4.78 is 0. The molecule has 1 amide bonds. The zero-order valence-electron chi connectivity index (χ0n) is 18.3. The maximum absolute atomic E-state index is 13.0. The zero-order chi connectivity index (χ0) is 20.7. The number of nitrogens with zero attached hydrogens (tertiary/aromatic N) is 3. The summed E-state index contributed by atoms with van der Waals surface area (Å²) >= 11 is 0. The third-order valence-corrected chi connectivity index (χ3v) is 7.60. The van der Waals surface area contributed by atoms with Crippen LogP contribution in [-0.2, 0) is 24.2 Å². The van der Waals surface area contributed by atoms with Crippen molar-refractivity contribution in [2.45, 2.75) is 71.0 Å². The molecule has 1 aromatic heterocycles. The second-order valence-electron chi connectivity index (χ2n) is 9.58. The summed E-state index contributed by atoms with van der Waals surface area (Å²) in [5.74, 6) is 2.63. The van der Waals surface area contributed by atoms with Gasteiger partial charge in [0.15, 0.2) is 0 Å². The van der Waals surface area contributed by atoms with Gasteiger partial charge in [-0.2, -0.15) is 0 Å². The minimum absolute atomic E-state index is 0.329. The molecule has 1 N–H and O–H groups in total. The minimum atomic E-state index is 0.329. The average molecular weight is 407 g/mol. The Bertz CT molecular complexity index is 892. The maximum Gasteiger partial charge on any atom is 0.223 e. The molecule has 30 heavy (non-hydrogen) atoms. The fraction of sp³-hybridized carbons (Fsp3) is 0.600. The topological polar surface area (TPSA) is 52.2 Å². The number of fused-ring (bicyclic) bond motifs is 4. The quantitative estimate of drug-likeness (QED) is 0.823. The van der Waals surface area contributed by atoms with Crippen molar-refractivity contribution in [1.29, 1.82) is 0 Å². The van der Waals surface area contributed by atoms with Gasteiger partial charge in [0.25, 0.3) is 0 Å². The largest absolute Gasteiger partial charge is 0.346 e. The standard InChI is InChI=1S/C25H34N4O/c1-3-24-26-17(2)21(27-24)16-28-14-19-13-20(15-28)23(12-18-8-5-4-6-9-18)29-22(19)10-7-11-25(29)30/h4-6,8-9,19-20,22-23H,3,7,10-16H2,1-2H3,(H,26,27)/t19-,20+,22+,23+/m1/s1. The summed E-state index contributed by atoms with van der Waals surface area (Å²) in [5, 5.41) is 0. The van der Waals surface area contributed by atoms with Crippen molar-refractivity contribution in [1.82, 2.24) is 19.8 Å². The molecule has 4 heterocycles. The van der Waals surface area contributed by atoms with E-state index in [-0.39, 0.29) is 0 Å². The maximum atomic E-state index is 13.0. The first-order valence-electron chi connectivity index (χ1n) is 11.7. The van der Waals surface area contributed by atoms with Gasteiger partial charge in [-0.1, -0.05) is 37.3 Å². The number of piperidine rings is 3. The van der Waals surface area contributed by atoms with E-state index in [9.17, 15) is 4.79 Å². The summed E-state index contributed by atoms with van der Waals surface area (Å²) in [6.07, 6.45) is 6.15. The Morgan fingerprint density at radius 1 is 1.17 bits per heavy atom. The van der Waals surface area contributed by atoms with Crippen molar-refractivity contribution < 1.29 is 4.79 Å². The van der Waals surface area contributed by atoms with Gasteiger partial charge in [-0.05, 0) is 50.0 Å². The molecule has 0 spiro atoms. The van der Waals surface area contributed by atoms with Crippen molar-refractivity contribution in [3.8, 4) is 0 Å². The summed E-state index contributed by atoms with van der Waals surface area (Å²) in [7, 11) is 0. The fourth-order valence-corrected chi connectivity index (χ4v) is 6.22. The molecule has 0 saturated carbocycles. The van der Waals surface area contributed by atoms with Gasteiger partial charge in [-0.3, -0.25) is 9.69 Å². The smallest absolute Gasteiger partial charge is 0.223 e. The predicted molar refractivity (Wildman–Crippen MR) is 118 cm³/mol. The van der Waals surface area contributed by atoms with E-state index in [1.165, 1.54) is 29.8 Å².